The van der Waals surface area contributed by atoms with Gasteiger partial charge in [0, 0.05) is 6.42 Å². The molecule has 3 N–H and O–H groups in total. The Hall–Kier alpha value is -1.10. The summed E-state index contributed by atoms with van der Waals surface area (Å²) in [5.74, 6) is -1.09. The van der Waals surface area contributed by atoms with Crippen molar-refractivity contribution in [2.24, 2.45) is 5.92 Å². The zero-order chi connectivity index (χ0) is 12.0. The quantitative estimate of drug-likeness (QED) is 0.641. The van der Waals surface area contributed by atoms with Crippen molar-refractivity contribution in [3.8, 4) is 0 Å². The molecular weight excluding hydrogens is 210 g/mol. The SMILES string of the molecule is O=C(CC1CCCCC1)N[C@H](CO)C(=O)O. The van der Waals surface area contributed by atoms with Gasteiger partial charge in [0.25, 0.3) is 0 Å². The molecule has 5 nitrogen and oxygen atoms in total. The lowest BCUT2D eigenvalue weighted by Gasteiger charge is -2.21. The van der Waals surface area contributed by atoms with E-state index in [0.29, 0.717) is 12.3 Å². The number of carboxylic acid groups (broad SMARTS) is 1. The third-order valence-electron chi connectivity index (χ3n) is 3.01. The van der Waals surface area contributed by atoms with Crippen LogP contribution in [0.25, 0.3) is 0 Å². The normalized spacial score (nSPS) is 19.1. The zero-order valence-corrected chi connectivity index (χ0v) is 9.32. The minimum atomic E-state index is -1.19. The van der Waals surface area contributed by atoms with Gasteiger partial charge >= 0.3 is 5.97 Å². The number of nitrogens with one attached hydrogen (secondary N) is 1. The lowest BCUT2D eigenvalue weighted by molar-refractivity contribution is -0.143. The summed E-state index contributed by atoms with van der Waals surface area (Å²) >= 11 is 0. The van der Waals surface area contributed by atoms with E-state index in [1.807, 2.05) is 0 Å². The van der Waals surface area contributed by atoms with Crippen molar-refractivity contribution in [3.63, 3.8) is 0 Å². The summed E-state index contributed by atoms with van der Waals surface area (Å²) < 4.78 is 0. The van der Waals surface area contributed by atoms with E-state index in [4.69, 9.17) is 10.2 Å². The molecule has 0 heterocycles. The smallest absolute Gasteiger partial charge is 0.328 e. The predicted molar refractivity (Wildman–Crippen MR) is 57.8 cm³/mol. The van der Waals surface area contributed by atoms with Gasteiger partial charge in [-0.1, -0.05) is 19.3 Å². The van der Waals surface area contributed by atoms with Gasteiger partial charge in [-0.2, -0.15) is 0 Å². The van der Waals surface area contributed by atoms with Crippen LogP contribution in [-0.4, -0.2) is 34.7 Å². The second-order valence-electron chi connectivity index (χ2n) is 4.35. The number of aliphatic carboxylic acids is 1. The topological polar surface area (TPSA) is 86.6 Å². The fourth-order valence-corrected chi connectivity index (χ4v) is 2.09. The highest BCUT2D eigenvalue weighted by Gasteiger charge is 2.22. The monoisotopic (exact) mass is 229 g/mol. The molecule has 0 saturated heterocycles. The van der Waals surface area contributed by atoms with Crippen LogP contribution in [0.5, 0.6) is 0 Å². The Kier molecular flexibility index (Phi) is 5.25. The molecule has 0 aromatic carbocycles. The molecule has 1 aliphatic rings. The van der Waals surface area contributed by atoms with Crippen LogP contribution in [0.3, 0.4) is 0 Å². The molecule has 16 heavy (non-hydrogen) atoms. The molecule has 1 saturated carbocycles. The molecule has 1 atom stereocenters. The molecular formula is C11H19NO4. The highest BCUT2D eigenvalue weighted by atomic mass is 16.4. The molecule has 1 rings (SSSR count). The van der Waals surface area contributed by atoms with Crippen LogP contribution in [0, 0.1) is 5.92 Å². The number of aliphatic hydroxyl groups is 1. The lowest BCUT2D eigenvalue weighted by Crippen LogP contribution is -2.43. The van der Waals surface area contributed by atoms with E-state index in [0.717, 1.165) is 25.7 Å². The second kappa shape index (κ2) is 6.48. The standard InChI is InChI=1S/C11H19NO4/c13-7-9(11(15)16)12-10(14)6-8-4-2-1-3-5-8/h8-9,13H,1-7H2,(H,12,14)(H,15,16)/t9-/m1/s1. The zero-order valence-electron chi connectivity index (χ0n) is 9.32. The van der Waals surface area contributed by atoms with Crippen LogP contribution >= 0.6 is 0 Å². The van der Waals surface area contributed by atoms with E-state index < -0.39 is 18.6 Å². The Morgan fingerprint density at radius 3 is 2.38 bits per heavy atom. The Morgan fingerprint density at radius 2 is 1.88 bits per heavy atom. The van der Waals surface area contributed by atoms with Gasteiger partial charge < -0.3 is 15.5 Å². The van der Waals surface area contributed by atoms with E-state index >= 15 is 0 Å². The van der Waals surface area contributed by atoms with Gasteiger partial charge in [-0.15, -0.1) is 0 Å². The number of hydrogen-bond acceptors (Lipinski definition) is 3. The summed E-state index contributed by atoms with van der Waals surface area (Å²) in [5, 5.41) is 19.7. The number of carboxylic acids is 1. The summed E-state index contributed by atoms with van der Waals surface area (Å²) in [5.41, 5.74) is 0. The van der Waals surface area contributed by atoms with Crippen LogP contribution in [0.15, 0.2) is 0 Å². The van der Waals surface area contributed by atoms with Crippen molar-refractivity contribution in [2.75, 3.05) is 6.61 Å². The second-order valence-corrected chi connectivity index (χ2v) is 4.35. The van der Waals surface area contributed by atoms with Gasteiger partial charge in [0.05, 0.1) is 6.61 Å². The van der Waals surface area contributed by atoms with Crippen LogP contribution in [0.2, 0.25) is 0 Å². The third-order valence-corrected chi connectivity index (χ3v) is 3.01. The van der Waals surface area contributed by atoms with Crippen molar-refractivity contribution in [3.05, 3.63) is 0 Å². The van der Waals surface area contributed by atoms with Gasteiger partial charge in [-0.25, -0.2) is 4.79 Å². The number of carbonyl (C=O) groups is 2. The minimum Gasteiger partial charge on any atom is -0.480 e. The van der Waals surface area contributed by atoms with Gasteiger partial charge in [-0.05, 0) is 18.8 Å². The fraction of sp³-hybridized carbons (Fsp3) is 0.818. The number of carbonyl (C=O) groups excluding carboxylic acids is 1. The van der Waals surface area contributed by atoms with Crippen LogP contribution in [0.1, 0.15) is 38.5 Å². The molecule has 1 fully saturated rings. The van der Waals surface area contributed by atoms with Gasteiger partial charge in [0.15, 0.2) is 0 Å². The highest BCUT2D eigenvalue weighted by molar-refractivity contribution is 5.83. The average molecular weight is 229 g/mol. The van der Waals surface area contributed by atoms with E-state index in [1.54, 1.807) is 0 Å². The van der Waals surface area contributed by atoms with Crippen molar-refractivity contribution in [2.45, 2.75) is 44.6 Å². The first-order valence-electron chi connectivity index (χ1n) is 5.76. The molecule has 0 bridgehead atoms. The van der Waals surface area contributed by atoms with Crippen molar-refractivity contribution >= 4 is 11.9 Å². The van der Waals surface area contributed by atoms with E-state index in [9.17, 15) is 9.59 Å². The molecule has 92 valence electrons. The Labute approximate surface area is 94.8 Å². The molecule has 1 aliphatic carbocycles. The number of hydrogen-bond donors (Lipinski definition) is 3. The van der Waals surface area contributed by atoms with E-state index in [1.165, 1.54) is 6.42 Å². The maximum atomic E-state index is 11.5. The minimum absolute atomic E-state index is 0.270. The lowest BCUT2D eigenvalue weighted by atomic mass is 9.87. The van der Waals surface area contributed by atoms with Gasteiger partial charge in [-0.3, -0.25) is 4.79 Å². The van der Waals surface area contributed by atoms with E-state index in [2.05, 4.69) is 5.32 Å². The Morgan fingerprint density at radius 1 is 1.25 bits per heavy atom. The summed E-state index contributed by atoms with van der Waals surface area (Å²) in [6, 6.07) is -1.17. The van der Waals surface area contributed by atoms with Crippen LogP contribution < -0.4 is 5.32 Å². The molecule has 0 aromatic rings. The first kappa shape index (κ1) is 13.0. The van der Waals surface area contributed by atoms with Crippen molar-refractivity contribution in [1.29, 1.82) is 0 Å². The van der Waals surface area contributed by atoms with Gasteiger partial charge in [0.2, 0.25) is 5.91 Å². The maximum Gasteiger partial charge on any atom is 0.328 e. The molecule has 0 unspecified atom stereocenters. The molecule has 5 heteroatoms. The molecule has 0 aliphatic heterocycles. The summed E-state index contributed by atoms with van der Waals surface area (Å²) in [6.45, 7) is -0.564. The molecule has 0 aromatic heterocycles. The maximum absolute atomic E-state index is 11.5. The summed E-state index contributed by atoms with van der Waals surface area (Å²) in [7, 11) is 0. The molecule has 0 radical (unpaired) electrons. The first-order chi connectivity index (χ1) is 7.63. The Bertz CT molecular complexity index is 248. The van der Waals surface area contributed by atoms with Crippen LogP contribution in [0.4, 0.5) is 0 Å². The number of aliphatic hydroxyl groups excluding tert-OH is 1. The Balaban J connectivity index is 2.31. The van der Waals surface area contributed by atoms with Gasteiger partial charge in [0.1, 0.15) is 6.04 Å². The third kappa shape index (κ3) is 4.18. The molecule has 1 amide bonds. The fourth-order valence-electron chi connectivity index (χ4n) is 2.09. The summed E-state index contributed by atoms with van der Waals surface area (Å²) in [6.07, 6.45) is 6.01. The number of rotatable bonds is 5. The molecule has 0 spiro atoms. The van der Waals surface area contributed by atoms with Crippen molar-refractivity contribution < 1.29 is 19.8 Å². The highest BCUT2D eigenvalue weighted by Crippen LogP contribution is 2.26. The number of amides is 1. The largest absolute Gasteiger partial charge is 0.480 e. The van der Waals surface area contributed by atoms with Crippen molar-refractivity contribution in [1.82, 2.24) is 5.32 Å². The predicted octanol–water partition coefficient (Wildman–Crippen LogP) is 0.518. The summed E-state index contributed by atoms with van der Waals surface area (Å²) in [4.78, 5) is 22.1. The van der Waals surface area contributed by atoms with E-state index in [-0.39, 0.29) is 5.91 Å². The van der Waals surface area contributed by atoms with Crippen LogP contribution in [-0.2, 0) is 9.59 Å². The average Bonchev–Trinajstić information content (AvgIpc) is 2.27. The first-order valence-corrected chi connectivity index (χ1v) is 5.76.